The van der Waals surface area contributed by atoms with Crippen LogP contribution in [0.15, 0.2) is 85.1 Å². The maximum Gasteiger partial charge on any atom is 0.306 e. The summed E-state index contributed by atoms with van der Waals surface area (Å²) >= 11 is 0. The molecule has 0 spiro atoms. The van der Waals surface area contributed by atoms with Gasteiger partial charge >= 0.3 is 11.9 Å². The highest BCUT2D eigenvalue weighted by atomic mass is 16.6. The molecule has 8 heteroatoms. The normalized spacial score (nSPS) is 13.8. The summed E-state index contributed by atoms with van der Waals surface area (Å²) in [6, 6.07) is -0.737. The first-order valence-electron chi connectivity index (χ1n) is 22.1. The number of likely N-dealkylation sites (N-methyl/N-ethyl adjacent to an activating group) is 1. The maximum atomic E-state index is 12.7. The molecule has 0 fully saturated rings. The number of carboxylic acids is 1. The van der Waals surface area contributed by atoms with Crippen LogP contribution in [0.25, 0.3) is 0 Å². The van der Waals surface area contributed by atoms with Gasteiger partial charge in [-0.1, -0.05) is 137 Å². The second-order valence-electron chi connectivity index (χ2n) is 15.5. The standard InChI is InChI=1S/C49H81NO7/c1-6-8-10-12-14-16-18-19-20-21-22-23-24-25-26-27-28-30-32-34-36-38-40-48(52)57-45(43-55-42-41-46(49(53)54)50(3,4)5)44-56-47(51)39-37-35-33-31-29-17-15-13-11-9-7-2/h8,10,13-16,19-20,22-23,25-26,28,30,45-46H,6-7,9,11-12,17-18,21,24,27,29,31-44H2,1-5H3/b10-8+,15-13+,16-14+,20-19+,23-22+,26-25+,30-28+. The molecule has 0 N–H and O–H groups in total. The van der Waals surface area contributed by atoms with Crippen molar-refractivity contribution >= 4 is 17.9 Å². The van der Waals surface area contributed by atoms with E-state index in [1.807, 2.05) is 0 Å². The molecule has 0 aliphatic heterocycles. The Morgan fingerprint density at radius 3 is 1.49 bits per heavy atom. The molecule has 0 rings (SSSR count). The van der Waals surface area contributed by atoms with Crippen molar-refractivity contribution in [1.29, 1.82) is 0 Å². The lowest BCUT2D eigenvalue weighted by atomic mass is 10.1. The first-order valence-corrected chi connectivity index (χ1v) is 22.1. The van der Waals surface area contributed by atoms with Crippen LogP contribution in [0.3, 0.4) is 0 Å². The third-order valence-corrected chi connectivity index (χ3v) is 9.27. The fourth-order valence-corrected chi connectivity index (χ4v) is 5.82. The van der Waals surface area contributed by atoms with E-state index in [1.54, 1.807) is 21.1 Å². The van der Waals surface area contributed by atoms with Gasteiger partial charge in [0.25, 0.3) is 0 Å². The van der Waals surface area contributed by atoms with Crippen LogP contribution < -0.4 is 5.11 Å². The zero-order chi connectivity index (χ0) is 42.1. The third-order valence-electron chi connectivity index (χ3n) is 9.27. The Morgan fingerprint density at radius 2 is 0.982 bits per heavy atom. The van der Waals surface area contributed by atoms with Gasteiger partial charge in [-0.2, -0.15) is 0 Å². The van der Waals surface area contributed by atoms with Crippen molar-refractivity contribution in [2.45, 2.75) is 167 Å². The maximum absolute atomic E-state index is 12.7. The summed E-state index contributed by atoms with van der Waals surface area (Å²) in [4.78, 5) is 36.8. The van der Waals surface area contributed by atoms with Crippen molar-refractivity contribution in [3.05, 3.63) is 85.1 Å². The van der Waals surface area contributed by atoms with Gasteiger partial charge in [0.1, 0.15) is 12.6 Å². The summed E-state index contributed by atoms with van der Waals surface area (Å²) < 4.78 is 17.1. The molecule has 0 saturated carbocycles. The quantitative estimate of drug-likeness (QED) is 0.0265. The highest BCUT2D eigenvalue weighted by Crippen LogP contribution is 2.12. The molecule has 0 aliphatic rings. The van der Waals surface area contributed by atoms with E-state index in [9.17, 15) is 19.5 Å². The van der Waals surface area contributed by atoms with Crippen LogP contribution >= 0.6 is 0 Å². The Labute approximate surface area is 348 Å². The molecule has 2 unspecified atom stereocenters. The van der Waals surface area contributed by atoms with Crippen LogP contribution in [0.1, 0.15) is 155 Å². The topological polar surface area (TPSA) is 102 Å². The van der Waals surface area contributed by atoms with Crippen LogP contribution in [0.4, 0.5) is 0 Å². The van der Waals surface area contributed by atoms with Crippen molar-refractivity contribution in [2.75, 3.05) is 41.0 Å². The number of quaternary nitrogens is 1. The highest BCUT2D eigenvalue weighted by Gasteiger charge is 2.25. The largest absolute Gasteiger partial charge is 0.544 e. The Kier molecular flexibility index (Phi) is 36.9. The van der Waals surface area contributed by atoms with Crippen molar-refractivity contribution in [2.24, 2.45) is 0 Å². The van der Waals surface area contributed by atoms with Gasteiger partial charge in [-0.05, 0) is 83.5 Å². The van der Waals surface area contributed by atoms with Gasteiger partial charge in [-0.3, -0.25) is 9.59 Å². The van der Waals surface area contributed by atoms with E-state index in [-0.39, 0.29) is 49.1 Å². The number of rotatable bonds is 38. The number of ether oxygens (including phenoxy) is 3. The lowest BCUT2D eigenvalue weighted by Gasteiger charge is -2.34. The smallest absolute Gasteiger partial charge is 0.306 e. The molecule has 57 heavy (non-hydrogen) atoms. The Balaban J connectivity index is 4.41. The summed E-state index contributed by atoms with van der Waals surface area (Å²) in [5.74, 6) is -1.80. The van der Waals surface area contributed by atoms with Crippen LogP contribution in [-0.4, -0.2) is 75.5 Å². The van der Waals surface area contributed by atoms with E-state index in [1.165, 1.54) is 19.3 Å². The number of unbranched alkanes of at least 4 members (excludes halogenated alkanes) is 10. The number of carboxylic acid groups (broad SMARTS) is 1. The molecule has 2 atom stereocenters. The zero-order valence-electron chi connectivity index (χ0n) is 36.7. The fraction of sp³-hybridized carbons (Fsp3) is 0.653. The van der Waals surface area contributed by atoms with Gasteiger partial charge in [0.05, 0.1) is 40.3 Å². The van der Waals surface area contributed by atoms with Crippen LogP contribution in [0.2, 0.25) is 0 Å². The SMILES string of the molecule is CC/C=C/C/C=C/C/C=C/C/C=C/C/C=C/C/C=C/CCCCCC(=O)OC(COCCC(C(=O)[O-])[N+](C)(C)C)COC(=O)CCCCCCC/C=C/CCCC. The first-order chi connectivity index (χ1) is 27.6. The van der Waals surface area contributed by atoms with Crippen LogP contribution in [0.5, 0.6) is 0 Å². The molecule has 0 saturated heterocycles. The van der Waals surface area contributed by atoms with E-state index in [4.69, 9.17) is 14.2 Å². The molecule has 0 aromatic heterocycles. The van der Waals surface area contributed by atoms with Crippen molar-refractivity contribution in [1.82, 2.24) is 0 Å². The molecule has 0 aromatic rings. The number of carbonyl (C=O) groups excluding carboxylic acids is 3. The van der Waals surface area contributed by atoms with Crippen LogP contribution in [-0.2, 0) is 28.6 Å². The van der Waals surface area contributed by atoms with E-state index in [2.05, 4.69) is 98.9 Å². The predicted octanol–water partition coefficient (Wildman–Crippen LogP) is 10.8. The number of nitrogens with zero attached hydrogens (tertiary/aromatic N) is 1. The summed E-state index contributed by atoms with van der Waals surface area (Å²) in [6.45, 7) is 4.44. The lowest BCUT2D eigenvalue weighted by molar-refractivity contribution is -0.889. The lowest BCUT2D eigenvalue weighted by Crippen LogP contribution is -2.55. The molecule has 0 radical (unpaired) electrons. The Bertz CT molecular complexity index is 1200. The number of hydrogen-bond donors (Lipinski definition) is 0. The average Bonchev–Trinajstić information content (AvgIpc) is 3.17. The molecular formula is C49H81NO7. The molecule has 0 aromatic carbocycles. The fourth-order valence-electron chi connectivity index (χ4n) is 5.82. The van der Waals surface area contributed by atoms with Crippen molar-refractivity contribution < 1.29 is 38.2 Å². The van der Waals surface area contributed by atoms with Crippen LogP contribution in [0, 0.1) is 0 Å². The Morgan fingerprint density at radius 1 is 0.544 bits per heavy atom. The minimum Gasteiger partial charge on any atom is -0.544 e. The molecule has 324 valence electrons. The van der Waals surface area contributed by atoms with E-state index >= 15 is 0 Å². The van der Waals surface area contributed by atoms with Crippen molar-refractivity contribution in [3.8, 4) is 0 Å². The number of allylic oxidation sites excluding steroid dienone is 14. The molecule has 0 bridgehead atoms. The third kappa shape index (κ3) is 37.8. The van der Waals surface area contributed by atoms with Gasteiger partial charge < -0.3 is 28.6 Å². The second kappa shape index (κ2) is 39.3. The molecular weight excluding hydrogens is 715 g/mol. The molecule has 8 nitrogen and oxygen atoms in total. The number of hydrogen-bond acceptors (Lipinski definition) is 7. The molecule has 0 heterocycles. The summed E-state index contributed by atoms with van der Waals surface area (Å²) in [6.07, 6.45) is 50.4. The average molecular weight is 796 g/mol. The Hall–Kier alpha value is -3.49. The van der Waals surface area contributed by atoms with Gasteiger partial charge in [0, 0.05) is 19.3 Å². The summed E-state index contributed by atoms with van der Waals surface area (Å²) in [5, 5.41) is 11.6. The minimum absolute atomic E-state index is 0.0193. The van der Waals surface area contributed by atoms with Gasteiger partial charge in [0.2, 0.25) is 0 Å². The molecule has 0 amide bonds. The van der Waals surface area contributed by atoms with Crippen molar-refractivity contribution in [3.63, 3.8) is 0 Å². The van der Waals surface area contributed by atoms with Gasteiger partial charge in [-0.15, -0.1) is 0 Å². The van der Waals surface area contributed by atoms with Gasteiger partial charge in [0.15, 0.2) is 6.10 Å². The number of carbonyl (C=O) groups is 3. The monoisotopic (exact) mass is 796 g/mol. The number of esters is 2. The zero-order valence-corrected chi connectivity index (χ0v) is 36.7. The molecule has 0 aliphatic carbocycles. The van der Waals surface area contributed by atoms with E-state index in [0.29, 0.717) is 12.8 Å². The summed E-state index contributed by atoms with van der Waals surface area (Å²) in [5.41, 5.74) is 0. The first kappa shape index (κ1) is 53.5. The van der Waals surface area contributed by atoms with E-state index < -0.39 is 18.1 Å². The van der Waals surface area contributed by atoms with E-state index in [0.717, 1.165) is 96.3 Å². The second-order valence-corrected chi connectivity index (χ2v) is 15.5. The highest BCUT2D eigenvalue weighted by molar-refractivity contribution is 5.70. The summed E-state index contributed by atoms with van der Waals surface area (Å²) in [7, 11) is 5.38. The number of aliphatic carboxylic acids is 1. The predicted molar refractivity (Wildman–Crippen MR) is 235 cm³/mol. The minimum atomic E-state index is -1.14. The van der Waals surface area contributed by atoms with Gasteiger partial charge in [-0.25, -0.2) is 0 Å².